The molecule has 1 saturated carbocycles. The highest BCUT2D eigenvalue weighted by molar-refractivity contribution is 5.90. The molecular formula is C24H39N5O2. The molecule has 1 aromatic carbocycles. The highest BCUT2D eigenvalue weighted by Gasteiger charge is 2.38. The Morgan fingerprint density at radius 1 is 1.10 bits per heavy atom. The lowest BCUT2D eigenvalue weighted by Crippen LogP contribution is -2.59. The number of nitrogens with one attached hydrogen (secondary N) is 3. The molecule has 3 N–H and O–H groups in total. The van der Waals surface area contributed by atoms with Gasteiger partial charge in [-0.05, 0) is 56.5 Å². The van der Waals surface area contributed by atoms with Crippen LogP contribution in [0.3, 0.4) is 0 Å². The molecule has 3 rings (SSSR count). The van der Waals surface area contributed by atoms with E-state index in [1.54, 1.807) is 7.11 Å². The molecule has 0 unspecified atom stereocenters. The number of hydrogen-bond donors (Lipinski definition) is 3. The first-order chi connectivity index (χ1) is 15.1. The van der Waals surface area contributed by atoms with E-state index in [-0.39, 0.29) is 11.4 Å². The molecule has 172 valence electrons. The fourth-order valence-electron chi connectivity index (χ4n) is 4.99. The van der Waals surface area contributed by atoms with Gasteiger partial charge in [-0.1, -0.05) is 31.7 Å². The minimum atomic E-state index is -0.114. The monoisotopic (exact) mass is 429 g/mol. The third-order valence-electron chi connectivity index (χ3n) is 6.65. The van der Waals surface area contributed by atoms with Gasteiger partial charge in [0.2, 0.25) is 5.91 Å². The molecule has 0 spiro atoms. The van der Waals surface area contributed by atoms with Crippen LogP contribution in [-0.2, 0) is 11.3 Å². The lowest BCUT2D eigenvalue weighted by molar-refractivity contribution is -0.114. The fourth-order valence-corrected chi connectivity index (χ4v) is 4.99. The molecule has 0 atom stereocenters. The number of nitrogens with zero attached hydrogens (tertiary/aromatic N) is 2. The lowest BCUT2D eigenvalue weighted by Gasteiger charge is -2.48. The Kier molecular flexibility index (Phi) is 8.58. The summed E-state index contributed by atoms with van der Waals surface area (Å²) in [4.78, 5) is 18.7. The summed E-state index contributed by atoms with van der Waals surface area (Å²) in [7, 11) is 3.42. The summed E-state index contributed by atoms with van der Waals surface area (Å²) < 4.78 is 5.35. The molecule has 2 aliphatic rings. The second-order valence-corrected chi connectivity index (χ2v) is 8.83. The first-order valence-electron chi connectivity index (χ1n) is 11.7. The van der Waals surface area contributed by atoms with Gasteiger partial charge in [0.25, 0.3) is 0 Å². The van der Waals surface area contributed by atoms with Crippen molar-refractivity contribution in [2.75, 3.05) is 39.1 Å². The molecule has 1 aliphatic carbocycles. The first kappa shape index (κ1) is 23.4. The minimum Gasteiger partial charge on any atom is -0.495 e. The van der Waals surface area contributed by atoms with Gasteiger partial charge in [0, 0.05) is 32.6 Å². The number of likely N-dealkylation sites (tertiary alicyclic amines) is 1. The molecule has 31 heavy (non-hydrogen) atoms. The fraction of sp³-hybridized carbons (Fsp3) is 0.667. The van der Waals surface area contributed by atoms with Crippen molar-refractivity contribution in [2.45, 2.75) is 70.4 Å². The van der Waals surface area contributed by atoms with Gasteiger partial charge in [0.05, 0.1) is 12.8 Å². The van der Waals surface area contributed by atoms with Gasteiger partial charge in [-0.15, -0.1) is 0 Å². The number of carbonyl (C=O) groups is 1. The normalized spacial score (nSPS) is 19.5. The number of anilines is 1. The Morgan fingerprint density at radius 3 is 2.45 bits per heavy atom. The zero-order valence-electron chi connectivity index (χ0n) is 19.4. The van der Waals surface area contributed by atoms with Crippen molar-refractivity contribution in [1.29, 1.82) is 0 Å². The average Bonchev–Trinajstić information content (AvgIpc) is 2.80. The number of hydrogen-bond acceptors (Lipinski definition) is 4. The highest BCUT2D eigenvalue weighted by atomic mass is 16.5. The molecule has 2 fully saturated rings. The number of methoxy groups -OCH3 is 1. The number of guanidine groups is 1. The summed E-state index contributed by atoms with van der Waals surface area (Å²) in [6.45, 7) is 5.51. The number of rotatable bonds is 7. The summed E-state index contributed by atoms with van der Waals surface area (Å²) in [5, 5.41) is 9.88. The predicted molar refractivity (Wildman–Crippen MR) is 127 cm³/mol. The van der Waals surface area contributed by atoms with Crippen LogP contribution in [0.2, 0.25) is 0 Å². The third-order valence-corrected chi connectivity index (χ3v) is 6.65. The van der Waals surface area contributed by atoms with Gasteiger partial charge in [0.15, 0.2) is 5.96 Å². The number of aliphatic imine (C=N–C) groups is 1. The van der Waals surface area contributed by atoms with Gasteiger partial charge in [-0.25, -0.2) is 0 Å². The van der Waals surface area contributed by atoms with E-state index >= 15 is 0 Å². The quantitative estimate of drug-likeness (QED) is 0.457. The highest BCUT2D eigenvalue weighted by Crippen LogP contribution is 2.35. The Labute approximate surface area is 187 Å². The van der Waals surface area contributed by atoms with Crippen LogP contribution in [0.4, 0.5) is 5.69 Å². The third kappa shape index (κ3) is 6.35. The number of amides is 1. The van der Waals surface area contributed by atoms with Crippen LogP contribution in [0.5, 0.6) is 5.75 Å². The summed E-state index contributed by atoms with van der Waals surface area (Å²) in [6, 6.07) is 5.82. The molecule has 0 radical (unpaired) electrons. The van der Waals surface area contributed by atoms with Crippen molar-refractivity contribution < 1.29 is 9.53 Å². The standard InChI is InChI=1S/C24H39N5O2/c1-19(30)28-21-16-20(10-11-22(21)31-3)17-26-23(25-2)27-18-24(12-6-4-7-13-24)29-14-8-5-9-15-29/h10-11,16H,4-9,12-15,17-18H2,1-3H3,(H,28,30)(H2,25,26,27). The molecule has 1 aromatic rings. The number of piperidine rings is 1. The van der Waals surface area contributed by atoms with Crippen LogP contribution < -0.4 is 20.7 Å². The Morgan fingerprint density at radius 2 is 1.81 bits per heavy atom. The molecule has 7 heteroatoms. The second kappa shape index (κ2) is 11.4. The maximum Gasteiger partial charge on any atom is 0.221 e. The molecule has 1 amide bonds. The van der Waals surface area contributed by atoms with Crippen LogP contribution >= 0.6 is 0 Å². The molecule has 0 bridgehead atoms. The summed E-state index contributed by atoms with van der Waals surface area (Å²) in [6.07, 6.45) is 10.6. The van der Waals surface area contributed by atoms with E-state index in [1.807, 2.05) is 25.2 Å². The SMILES string of the molecule is CN=C(NCc1ccc(OC)c(NC(C)=O)c1)NCC1(N2CCCCC2)CCCCC1. The zero-order valence-corrected chi connectivity index (χ0v) is 19.4. The van der Waals surface area contributed by atoms with E-state index in [4.69, 9.17) is 4.74 Å². The van der Waals surface area contributed by atoms with Gasteiger partial charge >= 0.3 is 0 Å². The van der Waals surface area contributed by atoms with E-state index in [0.29, 0.717) is 18.0 Å². The predicted octanol–water partition coefficient (Wildman–Crippen LogP) is 3.51. The van der Waals surface area contributed by atoms with E-state index in [1.165, 1.54) is 71.4 Å². The largest absolute Gasteiger partial charge is 0.495 e. The summed E-state index contributed by atoms with van der Waals surface area (Å²) in [5.41, 5.74) is 1.99. The molecular weight excluding hydrogens is 390 g/mol. The van der Waals surface area contributed by atoms with Crippen LogP contribution in [0, 0.1) is 0 Å². The number of benzene rings is 1. The van der Waals surface area contributed by atoms with Crippen molar-refractivity contribution in [3.8, 4) is 5.75 Å². The smallest absolute Gasteiger partial charge is 0.221 e. The van der Waals surface area contributed by atoms with Crippen molar-refractivity contribution in [3.05, 3.63) is 23.8 Å². The molecule has 1 aliphatic heterocycles. The summed E-state index contributed by atoms with van der Waals surface area (Å²) >= 11 is 0. The minimum absolute atomic E-state index is 0.114. The van der Waals surface area contributed by atoms with Crippen LogP contribution in [-0.4, -0.2) is 56.1 Å². The topological polar surface area (TPSA) is 78.0 Å². The molecule has 7 nitrogen and oxygen atoms in total. The zero-order chi connectivity index (χ0) is 22.1. The Bertz CT molecular complexity index is 752. The molecule has 1 saturated heterocycles. The van der Waals surface area contributed by atoms with Crippen LogP contribution in [0.25, 0.3) is 0 Å². The van der Waals surface area contributed by atoms with Gasteiger partial charge in [-0.3, -0.25) is 14.7 Å². The van der Waals surface area contributed by atoms with E-state index in [2.05, 4.69) is 25.8 Å². The number of ether oxygens (including phenoxy) is 1. The lowest BCUT2D eigenvalue weighted by atomic mass is 9.79. The Hall–Kier alpha value is -2.28. The second-order valence-electron chi connectivity index (χ2n) is 8.83. The number of carbonyl (C=O) groups excluding carboxylic acids is 1. The van der Waals surface area contributed by atoms with E-state index in [9.17, 15) is 4.79 Å². The van der Waals surface area contributed by atoms with Gasteiger partial charge in [-0.2, -0.15) is 0 Å². The van der Waals surface area contributed by atoms with Gasteiger partial charge < -0.3 is 20.7 Å². The molecule has 1 heterocycles. The van der Waals surface area contributed by atoms with E-state index < -0.39 is 0 Å². The van der Waals surface area contributed by atoms with Crippen molar-refractivity contribution >= 4 is 17.6 Å². The average molecular weight is 430 g/mol. The summed E-state index contributed by atoms with van der Waals surface area (Å²) in [5.74, 6) is 1.36. The van der Waals surface area contributed by atoms with Crippen molar-refractivity contribution in [2.24, 2.45) is 4.99 Å². The van der Waals surface area contributed by atoms with Crippen LogP contribution in [0.15, 0.2) is 23.2 Å². The van der Waals surface area contributed by atoms with Gasteiger partial charge in [0.1, 0.15) is 5.75 Å². The van der Waals surface area contributed by atoms with Crippen molar-refractivity contribution in [3.63, 3.8) is 0 Å². The first-order valence-corrected chi connectivity index (χ1v) is 11.7. The maximum atomic E-state index is 11.5. The van der Waals surface area contributed by atoms with E-state index in [0.717, 1.165) is 18.1 Å². The molecule has 0 aromatic heterocycles. The maximum absolute atomic E-state index is 11.5. The van der Waals surface area contributed by atoms with Crippen LogP contribution in [0.1, 0.15) is 63.9 Å². The van der Waals surface area contributed by atoms with Crippen molar-refractivity contribution in [1.82, 2.24) is 15.5 Å². The Balaban J connectivity index is 1.60.